The summed E-state index contributed by atoms with van der Waals surface area (Å²) in [5.41, 5.74) is 0.712. The Morgan fingerprint density at radius 1 is 1.14 bits per heavy atom. The van der Waals surface area contributed by atoms with Gasteiger partial charge >= 0.3 is 5.91 Å². The summed E-state index contributed by atoms with van der Waals surface area (Å²) in [5.74, 6) is -1.94. The minimum Gasteiger partial charge on any atom is -0.507 e. The van der Waals surface area contributed by atoms with Gasteiger partial charge in [-0.3, -0.25) is 14.5 Å². The van der Waals surface area contributed by atoms with Gasteiger partial charge in [0, 0.05) is 16.1 Å². The van der Waals surface area contributed by atoms with Gasteiger partial charge in [-0.15, -0.1) is 0 Å². The molecule has 0 aliphatic carbocycles. The Balaban J connectivity index is 1.93. The first-order chi connectivity index (χ1) is 13.9. The second kappa shape index (κ2) is 7.29. The standard InChI is InChI=1S/C21H14BrFN2O4/c1-11-10-16(24-29-11)25-18(12-2-6-14(22)7-3-12)17(20(27)21(25)28)19(26)13-4-8-15(23)9-5-13/h2-10,18,26H,1H3/b19-17+. The molecule has 146 valence electrons. The lowest BCUT2D eigenvalue weighted by Gasteiger charge is -2.22. The van der Waals surface area contributed by atoms with Gasteiger partial charge in [0.1, 0.15) is 17.3 Å². The topological polar surface area (TPSA) is 83.6 Å². The number of anilines is 1. The van der Waals surface area contributed by atoms with E-state index in [0.717, 1.165) is 4.47 Å². The highest BCUT2D eigenvalue weighted by Gasteiger charge is 2.48. The lowest BCUT2D eigenvalue weighted by molar-refractivity contribution is -0.132. The van der Waals surface area contributed by atoms with E-state index in [1.165, 1.54) is 35.2 Å². The summed E-state index contributed by atoms with van der Waals surface area (Å²) in [6, 6.07) is 12.6. The number of aliphatic hydroxyl groups is 1. The first kappa shape index (κ1) is 19.1. The molecular formula is C21H14BrFN2O4. The smallest absolute Gasteiger partial charge is 0.301 e. The van der Waals surface area contributed by atoms with Gasteiger partial charge in [-0.2, -0.15) is 0 Å². The van der Waals surface area contributed by atoms with E-state index in [1.807, 2.05) is 0 Å². The van der Waals surface area contributed by atoms with Gasteiger partial charge in [0.15, 0.2) is 5.82 Å². The van der Waals surface area contributed by atoms with E-state index in [2.05, 4.69) is 21.1 Å². The largest absolute Gasteiger partial charge is 0.507 e. The van der Waals surface area contributed by atoms with Gasteiger partial charge in [-0.1, -0.05) is 33.2 Å². The molecule has 6 nitrogen and oxygen atoms in total. The van der Waals surface area contributed by atoms with Crippen LogP contribution in [0, 0.1) is 12.7 Å². The summed E-state index contributed by atoms with van der Waals surface area (Å²) < 4.78 is 19.2. The van der Waals surface area contributed by atoms with Crippen LogP contribution < -0.4 is 4.90 Å². The molecule has 1 fully saturated rings. The molecule has 1 unspecified atom stereocenters. The van der Waals surface area contributed by atoms with Gasteiger partial charge in [0.2, 0.25) is 0 Å². The third-order valence-corrected chi connectivity index (χ3v) is 5.14. The van der Waals surface area contributed by atoms with E-state index >= 15 is 0 Å². The van der Waals surface area contributed by atoms with E-state index in [9.17, 15) is 19.1 Å². The van der Waals surface area contributed by atoms with E-state index in [-0.39, 0.29) is 22.7 Å². The molecule has 0 saturated carbocycles. The summed E-state index contributed by atoms with van der Waals surface area (Å²) >= 11 is 3.36. The average molecular weight is 457 g/mol. The molecule has 1 amide bonds. The van der Waals surface area contributed by atoms with Crippen molar-refractivity contribution in [1.82, 2.24) is 5.16 Å². The Labute approximate surface area is 173 Å². The van der Waals surface area contributed by atoms with Crippen LogP contribution in [0.15, 0.2) is 69.2 Å². The maximum Gasteiger partial charge on any atom is 0.301 e. The van der Waals surface area contributed by atoms with Gasteiger partial charge in [-0.25, -0.2) is 4.39 Å². The zero-order valence-electron chi connectivity index (χ0n) is 15.1. The molecule has 1 aromatic heterocycles. The molecular weight excluding hydrogens is 443 g/mol. The third-order valence-electron chi connectivity index (χ3n) is 4.61. The minimum absolute atomic E-state index is 0.107. The number of ketones is 1. The fourth-order valence-electron chi connectivity index (χ4n) is 3.26. The molecule has 1 aliphatic rings. The number of hydrogen-bond acceptors (Lipinski definition) is 5. The molecule has 0 bridgehead atoms. The van der Waals surface area contributed by atoms with Crippen molar-refractivity contribution >= 4 is 39.2 Å². The third kappa shape index (κ3) is 3.36. The molecule has 3 aromatic rings. The maximum atomic E-state index is 13.3. The van der Waals surface area contributed by atoms with Crippen molar-refractivity contribution in [3.05, 3.63) is 87.3 Å². The second-order valence-corrected chi connectivity index (χ2v) is 7.44. The maximum absolute atomic E-state index is 13.3. The van der Waals surface area contributed by atoms with Gasteiger partial charge in [-0.05, 0) is 48.9 Å². The van der Waals surface area contributed by atoms with Crippen LogP contribution in [0.1, 0.15) is 22.9 Å². The van der Waals surface area contributed by atoms with E-state index in [4.69, 9.17) is 4.52 Å². The molecule has 1 N–H and O–H groups in total. The summed E-state index contributed by atoms with van der Waals surface area (Å²) in [5, 5.41) is 14.7. The number of Topliss-reactive ketones (excluding diaryl/α,β-unsaturated/α-hetero) is 1. The van der Waals surface area contributed by atoms with Gasteiger partial charge < -0.3 is 9.63 Å². The number of halogens is 2. The number of nitrogens with zero attached hydrogens (tertiary/aromatic N) is 2. The van der Waals surface area contributed by atoms with Crippen molar-refractivity contribution < 1.29 is 23.6 Å². The Hall–Kier alpha value is -3.26. The van der Waals surface area contributed by atoms with Crippen LogP contribution in [-0.2, 0) is 9.59 Å². The van der Waals surface area contributed by atoms with E-state index < -0.39 is 23.5 Å². The van der Waals surface area contributed by atoms with Crippen molar-refractivity contribution in [3.63, 3.8) is 0 Å². The fraction of sp³-hybridized carbons (Fsp3) is 0.0952. The second-order valence-electron chi connectivity index (χ2n) is 6.52. The van der Waals surface area contributed by atoms with Crippen LogP contribution in [0.5, 0.6) is 0 Å². The predicted molar refractivity (Wildman–Crippen MR) is 107 cm³/mol. The van der Waals surface area contributed by atoms with Crippen molar-refractivity contribution in [2.75, 3.05) is 4.90 Å². The van der Waals surface area contributed by atoms with Crippen LogP contribution in [0.2, 0.25) is 0 Å². The van der Waals surface area contributed by atoms with E-state index in [1.54, 1.807) is 31.2 Å². The monoisotopic (exact) mass is 456 g/mol. The molecule has 1 atom stereocenters. The van der Waals surface area contributed by atoms with Crippen molar-refractivity contribution in [2.45, 2.75) is 13.0 Å². The number of benzene rings is 2. The number of carbonyl (C=O) groups excluding carboxylic acids is 2. The Bertz CT molecular complexity index is 1140. The zero-order valence-corrected chi connectivity index (χ0v) is 16.7. The fourth-order valence-corrected chi connectivity index (χ4v) is 3.52. The quantitative estimate of drug-likeness (QED) is 0.356. The Morgan fingerprint density at radius 3 is 2.38 bits per heavy atom. The van der Waals surface area contributed by atoms with Crippen LogP contribution in [0.3, 0.4) is 0 Å². The highest BCUT2D eigenvalue weighted by atomic mass is 79.9. The molecule has 0 radical (unpaired) electrons. The molecule has 1 saturated heterocycles. The number of hydrogen-bond donors (Lipinski definition) is 1. The highest BCUT2D eigenvalue weighted by molar-refractivity contribution is 9.10. The molecule has 0 spiro atoms. The Kier molecular flexibility index (Phi) is 4.79. The summed E-state index contributed by atoms with van der Waals surface area (Å²) in [7, 11) is 0. The molecule has 2 aromatic carbocycles. The van der Waals surface area contributed by atoms with Crippen molar-refractivity contribution in [2.24, 2.45) is 0 Å². The van der Waals surface area contributed by atoms with Gasteiger partial charge in [0.25, 0.3) is 5.78 Å². The molecule has 1 aliphatic heterocycles. The predicted octanol–water partition coefficient (Wildman–Crippen LogP) is 4.51. The lowest BCUT2D eigenvalue weighted by atomic mass is 9.95. The van der Waals surface area contributed by atoms with Crippen LogP contribution in [0.4, 0.5) is 10.2 Å². The summed E-state index contributed by atoms with van der Waals surface area (Å²) in [4.78, 5) is 26.9. The zero-order chi connectivity index (χ0) is 20.7. The van der Waals surface area contributed by atoms with Gasteiger partial charge in [0.05, 0.1) is 11.6 Å². The normalized spacial score (nSPS) is 18.4. The van der Waals surface area contributed by atoms with Crippen LogP contribution in [-0.4, -0.2) is 22.0 Å². The summed E-state index contributed by atoms with van der Waals surface area (Å²) in [6.07, 6.45) is 0. The van der Waals surface area contributed by atoms with Crippen LogP contribution >= 0.6 is 15.9 Å². The van der Waals surface area contributed by atoms with Crippen molar-refractivity contribution in [1.29, 1.82) is 0 Å². The molecule has 4 rings (SSSR count). The summed E-state index contributed by atoms with van der Waals surface area (Å²) in [6.45, 7) is 1.67. The van der Waals surface area contributed by atoms with E-state index in [0.29, 0.717) is 11.3 Å². The SMILES string of the molecule is Cc1cc(N2C(=O)C(=O)/C(=C(/O)c3ccc(F)cc3)C2c2ccc(Br)cc2)no1. The number of amides is 1. The average Bonchev–Trinajstić information content (AvgIpc) is 3.24. The lowest BCUT2D eigenvalue weighted by Crippen LogP contribution is -2.29. The number of aryl methyl sites for hydroxylation is 1. The first-order valence-electron chi connectivity index (χ1n) is 8.62. The first-order valence-corrected chi connectivity index (χ1v) is 9.42. The minimum atomic E-state index is -0.919. The number of aliphatic hydroxyl groups excluding tert-OH is 1. The van der Waals surface area contributed by atoms with Crippen molar-refractivity contribution in [3.8, 4) is 0 Å². The molecule has 29 heavy (non-hydrogen) atoms. The molecule has 2 heterocycles. The number of rotatable bonds is 3. The molecule has 8 heteroatoms. The number of carbonyl (C=O) groups is 2. The van der Waals surface area contributed by atoms with Crippen LogP contribution in [0.25, 0.3) is 5.76 Å². The number of aromatic nitrogens is 1. The Morgan fingerprint density at radius 2 is 1.79 bits per heavy atom. The highest BCUT2D eigenvalue weighted by Crippen LogP contribution is 2.42.